The first kappa shape index (κ1) is 37.4. The number of nitrogens with zero attached hydrogens (tertiary/aromatic N) is 1. The van der Waals surface area contributed by atoms with Crippen molar-refractivity contribution in [3.05, 3.63) is 54.3 Å². The molecule has 0 fully saturated rings. The number of rotatable bonds is 17. The summed E-state index contributed by atoms with van der Waals surface area (Å²) in [5, 5.41) is 7.97. The van der Waals surface area contributed by atoms with Crippen LogP contribution in [0.15, 0.2) is 48.7 Å². The summed E-state index contributed by atoms with van der Waals surface area (Å²) in [4.78, 5) is 75.0. The Morgan fingerprint density at radius 3 is 2.17 bits per heavy atom. The van der Waals surface area contributed by atoms with Gasteiger partial charge >= 0.3 is 12.0 Å². The fourth-order valence-electron chi connectivity index (χ4n) is 4.33. The summed E-state index contributed by atoms with van der Waals surface area (Å²) >= 11 is 0. The van der Waals surface area contributed by atoms with Crippen molar-refractivity contribution in [1.29, 1.82) is 0 Å². The first-order valence-electron chi connectivity index (χ1n) is 14.3. The van der Waals surface area contributed by atoms with Crippen LogP contribution in [0.3, 0.4) is 0 Å². The molecular weight excluding hydrogens is 624 g/mol. The van der Waals surface area contributed by atoms with Crippen LogP contribution in [0.4, 0.5) is 10.5 Å². The summed E-state index contributed by atoms with van der Waals surface area (Å²) in [6, 6.07) is 3.12. The van der Waals surface area contributed by atoms with Crippen LogP contribution >= 0.6 is 0 Å². The fraction of sp³-hybridized carbons (Fsp3) is 0.448. The molecule has 7 N–H and O–H groups in total. The third-order valence-corrected chi connectivity index (χ3v) is 7.98. The van der Waals surface area contributed by atoms with Gasteiger partial charge in [0.15, 0.2) is 5.25 Å². The summed E-state index contributed by atoms with van der Waals surface area (Å²) in [7, 11) is -4.96. The molecule has 1 aliphatic rings. The molecule has 0 radical (unpaired) electrons. The molecule has 17 heteroatoms. The van der Waals surface area contributed by atoms with Crippen molar-refractivity contribution in [3.8, 4) is 0 Å². The summed E-state index contributed by atoms with van der Waals surface area (Å²) < 4.78 is 39.0. The number of ether oxygens (including phenoxy) is 1. The van der Waals surface area contributed by atoms with Crippen LogP contribution < -0.4 is 27.0 Å². The third kappa shape index (κ3) is 12.0. The van der Waals surface area contributed by atoms with Gasteiger partial charge in [0.05, 0.1) is 0 Å². The SMILES string of the molecule is C=C1C=CC(=O)N1CC[C@H](C(=O)N[C@H](C(=O)N[C@@H](CCCNC(N)=O)C(=O)Nc1ccc(COC(C)=O)cc1)C(C)C)S(=O)(=O)O. The van der Waals surface area contributed by atoms with E-state index in [1.165, 1.54) is 19.1 Å². The maximum atomic E-state index is 13.4. The van der Waals surface area contributed by atoms with E-state index in [1.807, 2.05) is 0 Å². The van der Waals surface area contributed by atoms with Crippen LogP contribution in [-0.2, 0) is 45.4 Å². The molecule has 1 aliphatic heterocycles. The highest BCUT2D eigenvalue weighted by molar-refractivity contribution is 7.87. The van der Waals surface area contributed by atoms with Crippen LogP contribution in [-0.4, -0.2) is 83.9 Å². The molecule has 0 spiro atoms. The lowest BCUT2D eigenvalue weighted by atomic mass is 10.0. The van der Waals surface area contributed by atoms with Crippen LogP contribution in [0, 0.1) is 5.92 Å². The van der Waals surface area contributed by atoms with E-state index in [9.17, 15) is 41.7 Å². The van der Waals surface area contributed by atoms with E-state index < -0.39 is 75.4 Å². The Labute approximate surface area is 266 Å². The van der Waals surface area contributed by atoms with E-state index in [0.29, 0.717) is 11.3 Å². The Morgan fingerprint density at radius 1 is 1.00 bits per heavy atom. The van der Waals surface area contributed by atoms with Gasteiger partial charge in [-0.1, -0.05) is 32.6 Å². The zero-order valence-corrected chi connectivity index (χ0v) is 26.6. The highest BCUT2D eigenvalue weighted by Gasteiger charge is 2.36. The van der Waals surface area contributed by atoms with Crippen molar-refractivity contribution in [2.24, 2.45) is 11.7 Å². The Kier molecular flexibility index (Phi) is 13.9. The Hall–Kier alpha value is -4.77. The third-order valence-electron chi connectivity index (χ3n) is 6.81. The number of nitrogens with two attached hydrogens (primary N) is 1. The molecular formula is C29H40N6O10S. The molecule has 1 heterocycles. The van der Waals surface area contributed by atoms with E-state index in [0.717, 1.165) is 4.90 Å². The summed E-state index contributed by atoms with van der Waals surface area (Å²) in [6.07, 6.45) is 2.42. The number of benzene rings is 1. The molecule has 252 valence electrons. The van der Waals surface area contributed by atoms with Gasteiger partial charge in [-0.2, -0.15) is 8.42 Å². The lowest BCUT2D eigenvalue weighted by Crippen LogP contribution is -2.56. The van der Waals surface area contributed by atoms with E-state index in [1.54, 1.807) is 38.1 Å². The number of hydrogen-bond donors (Lipinski definition) is 6. The standard InChI is InChI=1S/C29H40N6O10S/c1-17(2)25(34-27(39)23(46(42,43)44)13-15-35-18(3)7-12-24(35)37)28(40)33-22(6-5-14-31-29(30)41)26(38)32-21-10-8-20(9-11-21)16-45-19(4)36/h7-12,17,22-23,25H,3,5-6,13-16H2,1-2,4H3,(H,32,38)(H,33,40)(H,34,39)(H3,30,31,41)(H,42,43,44)/t22-,23+,25-/m0/s1. The van der Waals surface area contributed by atoms with Gasteiger partial charge in [-0.05, 0) is 49.0 Å². The normalized spacial score (nSPS) is 14.8. The van der Waals surface area contributed by atoms with Crippen molar-refractivity contribution < 1.29 is 46.5 Å². The average Bonchev–Trinajstić information content (AvgIpc) is 3.28. The van der Waals surface area contributed by atoms with Crippen LogP contribution in [0.5, 0.6) is 0 Å². The molecule has 0 aliphatic carbocycles. The van der Waals surface area contributed by atoms with E-state index in [-0.39, 0.29) is 38.2 Å². The Bertz CT molecular complexity index is 1440. The Balaban J connectivity index is 2.17. The predicted octanol–water partition coefficient (Wildman–Crippen LogP) is 0.321. The van der Waals surface area contributed by atoms with Gasteiger partial charge < -0.3 is 36.6 Å². The molecule has 0 bridgehead atoms. The number of carbonyl (C=O) groups excluding carboxylic acids is 6. The maximum absolute atomic E-state index is 13.4. The van der Waals surface area contributed by atoms with E-state index >= 15 is 0 Å². The summed E-state index contributed by atoms with van der Waals surface area (Å²) in [5.74, 6) is -4.14. The number of urea groups is 1. The fourth-order valence-corrected chi connectivity index (χ4v) is 5.07. The second-order valence-electron chi connectivity index (χ2n) is 10.8. The molecule has 0 saturated heterocycles. The monoisotopic (exact) mass is 664 g/mol. The second-order valence-corrected chi connectivity index (χ2v) is 12.4. The zero-order chi connectivity index (χ0) is 34.6. The molecule has 6 amide bonds. The number of amides is 6. The average molecular weight is 665 g/mol. The quantitative estimate of drug-likeness (QED) is 0.0757. The van der Waals surface area contributed by atoms with Crippen molar-refractivity contribution in [1.82, 2.24) is 20.9 Å². The molecule has 46 heavy (non-hydrogen) atoms. The number of carbonyl (C=O) groups is 6. The number of hydrogen-bond acceptors (Lipinski definition) is 9. The lowest BCUT2D eigenvalue weighted by molar-refractivity contribution is -0.142. The molecule has 16 nitrogen and oxygen atoms in total. The summed E-state index contributed by atoms with van der Waals surface area (Å²) in [5.41, 5.74) is 6.41. The van der Waals surface area contributed by atoms with Crippen LogP contribution in [0.2, 0.25) is 0 Å². The first-order valence-corrected chi connectivity index (χ1v) is 15.8. The van der Waals surface area contributed by atoms with Gasteiger partial charge in [-0.25, -0.2) is 4.79 Å². The number of esters is 1. The van der Waals surface area contributed by atoms with E-state index in [4.69, 9.17) is 10.5 Å². The second kappa shape index (κ2) is 17.1. The van der Waals surface area contributed by atoms with Crippen molar-refractivity contribution in [3.63, 3.8) is 0 Å². The number of anilines is 1. The van der Waals surface area contributed by atoms with Crippen molar-refractivity contribution >= 4 is 51.4 Å². The number of allylic oxidation sites excluding steroid dienone is 1. The number of nitrogens with one attached hydrogen (secondary N) is 4. The zero-order valence-electron chi connectivity index (χ0n) is 25.8. The molecule has 3 atom stereocenters. The molecule has 1 aromatic carbocycles. The van der Waals surface area contributed by atoms with Crippen LogP contribution in [0.25, 0.3) is 0 Å². The van der Waals surface area contributed by atoms with Gasteiger partial charge in [-0.3, -0.25) is 28.5 Å². The largest absolute Gasteiger partial charge is 0.461 e. The molecule has 2 rings (SSSR count). The Morgan fingerprint density at radius 2 is 1.65 bits per heavy atom. The highest BCUT2D eigenvalue weighted by Crippen LogP contribution is 2.17. The number of primary amides is 1. The smallest absolute Gasteiger partial charge is 0.312 e. The minimum Gasteiger partial charge on any atom is -0.461 e. The lowest BCUT2D eigenvalue weighted by Gasteiger charge is -2.27. The van der Waals surface area contributed by atoms with Gasteiger partial charge in [0, 0.05) is 37.5 Å². The van der Waals surface area contributed by atoms with Gasteiger partial charge in [0.1, 0.15) is 18.7 Å². The topological polar surface area (TPSA) is 243 Å². The van der Waals surface area contributed by atoms with Gasteiger partial charge in [0.25, 0.3) is 16.0 Å². The molecule has 0 saturated carbocycles. The highest BCUT2D eigenvalue weighted by atomic mass is 32.2. The maximum Gasteiger partial charge on any atom is 0.312 e. The van der Waals surface area contributed by atoms with Crippen molar-refractivity contribution in [2.75, 3.05) is 18.4 Å². The predicted molar refractivity (Wildman–Crippen MR) is 166 cm³/mol. The first-order chi connectivity index (χ1) is 21.5. The minimum absolute atomic E-state index is 0.0383. The minimum atomic E-state index is -4.96. The molecule has 1 aromatic rings. The molecule has 0 aromatic heterocycles. The van der Waals surface area contributed by atoms with Crippen molar-refractivity contribution in [2.45, 2.75) is 64.0 Å². The van der Waals surface area contributed by atoms with Crippen LogP contribution in [0.1, 0.15) is 45.6 Å². The van der Waals surface area contributed by atoms with Gasteiger partial charge in [-0.15, -0.1) is 0 Å². The van der Waals surface area contributed by atoms with E-state index in [2.05, 4.69) is 27.8 Å². The molecule has 0 unspecified atom stereocenters. The van der Waals surface area contributed by atoms with Gasteiger partial charge in [0.2, 0.25) is 17.7 Å². The summed E-state index contributed by atoms with van der Waals surface area (Å²) in [6.45, 7) is 7.99.